The van der Waals surface area contributed by atoms with Crippen LogP contribution in [0.2, 0.25) is 5.02 Å². The monoisotopic (exact) mass is 508 g/mol. The predicted molar refractivity (Wildman–Crippen MR) is 137 cm³/mol. The molecule has 1 saturated heterocycles. The van der Waals surface area contributed by atoms with Crippen molar-refractivity contribution in [3.8, 4) is 17.1 Å². The number of benzene rings is 1. The molecule has 36 heavy (non-hydrogen) atoms. The molecule has 1 aromatic carbocycles. The molecule has 0 unspecified atom stereocenters. The summed E-state index contributed by atoms with van der Waals surface area (Å²) in [7, 11) is 1.58. The number of hydrogen-bond acceptors (Lipinski definition) is 6. The zero-order valence-corrected chi connectivity index (χ0v) is 20.8. The number of methoxy groups -OCH3 is 1. The van der Waals surface area contributed by atoms with Gasteiger partial charge in [0, 0.05) is 43.0 Å². The number of para-hydroxylation sites is 1. The number of H-pyrrole nitrogens is 1. The number of halogens is 2. The van der Waals surface area contributed by atoms with Crippen LogP contribution in [0.25, 0.3) is 22.4 Å². The van der Waals surface area contributed by atoms with Gasteiger partial charge in [-0.25, -0.2) is 19.3 Å². The van der Waals surface area contributed by atoms with E-state index < -0.39 is 5.82 Å². The molecule has 0 radical (unpaired) electrons. The molecule has 0 aliphatic carbocycles. The average Bonchev–Trinajstić information content (AvgIpc) is 3.31. The van der Waals surface area contributed by atoms with E-state index in [1.807, 2.05) is 24.0 Å². The number of carbonyl (C=O) groups is 1. The molecule has 8 nitrogen and oxygen atoms in total. The minimum Gasteiger partial charge on any atom is -0.496 e. The van der Waals surface area contributed by atoms with Gasteiger partial charge >= 0.3 is 0 Å². The summed E-state index contributed by atoms with van der Waals surface area (Å²) < 4.78 is 20.1. The summed E-state index contributed by atoms with van der Waals surface area (Å²) in [6.45, 7) is 3.64. The highest BCUT2D eigenvalue weighted by Gasteiger charge is 2.27. The van der Waals surface area contributed by atoms with Crippen molar-refractivity contribution in [3.05, 3.63) is 64.8 Å². The van der Waals surface area contributed by atoms with Crippen molar-refractivity contribution in [1.82, 2.24) is 24.8 Å². The molecule has 0 spiro atoms. The van der Waals surface area contributed by atoms with Crippen molar-refractivity contribution >= 4 is 34.4 Å². The summed E-state index contributed by atoms with van der Waals surface area (Å²) >= 11 is 6.10. The number of ether oxygens (including phenoxy) is 1. The fourth-order valence-corrected chi connectivity index (χ4v) is 4.86. The maximum atomic E-state index is 14.6. The molecule has 2 N–H and O–H groups in total. The molecule has 1 fully saturated rings. The van der Waals surface area contributed by atoms with Crippen molar-refractivity contribution < 1.29 is 13.9 Å². The van der Waals surface area contributed by atoms with Crippen molar-refractivity contribution in [1.29, 1.82) is 0 Å². The Morgan fingerprint density at radius 3 is 3.03 bits per heavy atom. The lowest BCUT2D eigenvalue weighted by Gasteiger charge is -2.33. The van der Waals surface area contributed by atoms with E-state index in [-0.39, 0.29) is 17.6 Å². The van der Waals surface area contributed by atoms with Gasteiger partial charge in [-0.05, 0) is 43.4 Å². The number of pyridine rings is 1. The average molecular weight is 509 g/mol. The van der Waals surface area contributed by atoms with Gasteiger partial charge in [-0.15, -0.1) is 0 Å². The van der Waals surface area contributed by atoms with E-state index >= 15 is 0 Å². The number of aromatic amines is 1. The Balaban J connectivity index is 1.30. The first-order chi connectivity index (χ1) is 17.4. The highest BCUT2D eigenvalue weighted by atomic mass is 35.5. The van der Waals surface area contributed by atoms with E-state index in [1.54, 1.807) is 31.6 Å². The quantitative estimate of drug-likeness (QED) is 0.376. The molecule has 5 rings (SSSR count). The first-order valence-electron chi connectivity index (χ1n) is 11.8. The minimum atomic E-state index is -0.539. The van der Waals surface area contributed by atoms with E-state index in [0.29, 0.717) is 53.0 Å². The number of anilines is 1. The molecular formula is C26H26ClFN6O2. The van der Waals surface area contributed by atoms with Crippen LogP contribution in [-0.2, 0) is 0 Å². The SMILES string of the molecule is COc1c(C)cccc1C(=O)N1CCC[C@H](CNc2nc(-c3c[nH]c4ncc(Cl)cc34)ncc2F)C1. The number of aromatic nitrogens is 4. The van der Waals surface area contributed by atoms with E-state index in [2.05, 4.69) is 25.3 Å². The number of fused-ring (bicyclic) bond motifs is 1. The van der Waals surface area contributed by atoms with Crippen LogP contribution in [0.3, 0.4) is 0 Å². The molecule has 1 atom stereocenters. The van der Waals surface area contributed by atoms with Gasteiger partial charge in [0.2, 0.25) is 0 Å². The van der Waals surface area contributed by atoms with Gasteiger partial charge in [-0.1, -0.05) is 23.7 Å². The Morgan fingerprint density at radius 1 is 1.33 bits per heavy atom. The third-order valence-corrected chi connectivity index (χ3v) is 6.70. The zero-order valence-electron chi connectivity index (χ0n) is 20.0. The van der Waals surface area contributed by atoms with E-state index in [0.717, 1.165) is 30.0 Å². The van der Waals surface area contributed by atoms with Crippen LogP contribution in [0.5, 0.6) is 5.75 Å². The van der Waals surface area contributed by atoms with Crippen LogP contribution < -0.4 is 10.1 Å². The molecule has 1 amide bonds. The molecule has 0 bridgehead atoms. The number of nitrogens with zero attached hydrogens (tertiary/aromatic N) is 4. The zero-order chi connectivity index (χ0) is 25.2. The number of aryl methyl sites for hydroxylation is 1. The third-order valence-electron chi connectivity index (χ3n) is 6.49. The van der Waals surface area contributed by atoms with Crippen LogP contribution in [0.15, 0.2) is 42.9 Å². The Morgan fingerprint density at radius 2 is 2.19 bits per heavy atom. The maximum absolute atomic E-state index is 14.6. The van der Waals surface area contributed by atoms with Crippen molar-refractivity contribution in [2.24, 2.45) is 5.92 Å². The molecule has 1 aliphatic heterocycles. The highest BCUT2D eigenvalue weighted by Crippen LogP contribution is 2.29. The van der Waals surface area contributed by atoms with Crippen LogP contribution in [-0.4, -0.2) is 57.5 Å². The summed E-state index contributed by atoms with van der Waals surface area (Å²) in [6.07, 6.45) is 6.23. The second-order valence-electron chi connectivity index (χ2n) is 8.94. The predicted octanol–water partition coefficient (Wildman–Crippen LogP) is 5.09. The fraction of sp³-hybridized carbons (Fsp3) is 0.308. The smallest absolute Gasteiger partial charge is 0.257 e. The molecule has 1 aliphatic rings. The number of carbonyl (C=O) groups excluding carboxylic acids is 1. The number of rotatable bonds is 6. The number of likely N-dealkylation sites (tertiary alicyclic amines) is 1. The van der Waals surface area contributed by atoms with Crippen LogP contribution in [0, 0.1) is 18.7 Å². The van der Waals surface area contributed by atoms with Crippen molar-refractivity contribution in [3.63, 3.8) is 0 Å². The third kappa shape index (κ3) is 4.70. The summed E-state index contributed by atoms with van der Waals surface area (Å²) in [5, 5.41) is 4.38. The standard InChI is InChI=1S/C26H26ClFN6O2/c1-15-5-3-7-18(22(15)36-2)26(35)34-8-4-6-16(14-34)10-29-25-21(28)13-32-24(33-25)20-12-31-23-19(20)9-17(27)11-30-23/h3,5,7,9,11-13,16H,4,6,8,10,14H2,1-2H3,(H,30,31)(H,29,32,33)/t16-/m1/s1. The van der Waals surface area contributed by atoms with Gasteiger partial charge in [-0.3, -0.25) is 4.79 Å². The molecular weight excluding hydrogens is 483 g/mol. The Bertz CT molecular complexity index is 1430. The summed E-state index contributed by atoms with van der Waals surface area (Å²) in [5.74, 6) is 0.638. The lowest BCUT2D eigenvalue weighted by Crippen LogP contribution is -2.42. The molecule has 186 valence electrons. The van der Waals surface area contributed by atoms with Gasteiger partial charge in [0.25, 0.3) is 5.91 Å². The molecule has 4 aromatic rings. The molecule has 0 saturated carbocycles. The molecule has 10 heteroatoms. The Kier molecular flexibility index (Phi) is 6.73. The van der Waals surface area contributed by atoms with Gasteiger partial charge in [0.05, 0.1) is 23.9 Å². The Hall–Kier alpha value is -3.72. The second-order valence-corrected chi connectivity index (χ2v) is 9.37. The number of piperidine rings is 1. The highest BCUT2D eigenvalue weighted by molar-refractivity contribution is 6.31. The van der Waals surface area contributed by atoms with Crippen LogP contribution in [0.4, 0.5) is 10.2 Å². The van der Waals surface area contributed by atoms with Gasteiger partial charge in [0.15, 0.2) is 17.5 Å². The van der Waals surface area contributed by atoms with E-state index in [4.69, 9.17) is 16.3 Å². The van der Waals surface area contributed by atoms with Gasteiger partial charge in [0.1, 0.15) is 11.4 Å². The maximum Gasteiger partial charge on any atom is 0.257 e. The largest absolute Gasteiger partial charge is 0.496 e. The molecule has 3 aromatic heterocycles. The van der Waals surface area contributed by atoms with E-state index in [9.17, 15) is 9.18 Å². The first kappa shape index (κ1) is 24.0. The van der Waals surface area contributed by atoms with Gasteiger partial charge in [-0.2, -0.15) is 0 Å². The lowest BCUT2D eigenvalue weighted by molar-refractivity contribution is 0.0676. The first-order valence-corrected chi connectivity index (χ1v) is 12.1. The number of nitrogens with one attached hydrogen (secondary N) is 2. The number of hydrogen-bond donors (Lipinski definition) is 2. The fourth-order valence-electron chi connectivity index (χ4n) is 4.70. The van der Waals surface area contributed by atoms with Crippen molar-refractivity contribution in [2.75, 3.05) is 32.1 Å². The van der Waals surface area contributed by atoms with Crippen LogP contribution >= 0.6 is 11.6 Å². The van der Waals surface area contributed by atoms with Gasteiger partial charge < -0.3 is 19.9 Å². The van der Waals surface area contributed by atoms with Crippen molar-refractivity contribution in [2.45, 2.75) is 19.8 Å². The second kappa shape index (κ2) is 10.1. The topological polar surface area (TPSA) is 96.0 Å². The van der Waals surface area contributed by atoms with Crippen LogP contribution in [0.1, 0.15) is 28.8 Å². The lowest BCUT2D eigenvalue weighted by atomic mass is 9.97. The Labute approximate surface area is 212 Å². The van der Waals surface area contributed by atoms with E-state index in [1.165, 1.54) is 0 Å². The number of amides is 1. The molecule has 4 heterocycles. The normalized spacial score (nSPS) is 15.8. The summed E-state index contributed by atoms with van der Waals surface area (Å²) in [5.41, 5.74) is 2.81. The summed E-state index contributed by atoms with van der Waals surface area (Å²) in [6, 6.07) is 7.35. The summed E-state index contributed by atoms with van der Waals surface area (Å²) in [4.78, 5) is 31.0. The minimum absolute atomic E-state index is 0.0534.